The van der Waals surface area contributed by atoms with Gasteiger partial charge in [-0.2, -0.15) is 0 Å². The van der Waals surface area contributed by atoms with E-state index in [2.05, 4.69) is 98.8 Å². The molecule has 2 atom stereocenters. The second-order valence-corrected chi connectivity index (χ2v) is 9.16. The molecule has 0 heterocycles. The summed E-state index contributed by atoms with van der Waals surface area (Å²) >= 11 is 0. The van der Waals surface area contributed by atoms with Crippen LogP contribution in [-0.4, -0.2) is 0 Å². The first-order valence-electron chi connectivity index (χ1n) is 11.8. The van der Waals surface area contributed by atoms with Gasteiger partial charge in [-0.1, -0.05) is 98.8 Å². The minimum atomic E-state index is 0.770. The van der Waals surface area contributed by atoms with Crippen molar-refractivity contribution in [1.29, 1.82) is 0 Å². The Morgan fingerprint density at radius 2 is 0.767 bits per heavy atom. The van der Waals surface area contributed by atoms with Crippen molar-refractivity contribution in [3.8, 4) is 0 Å². The van der Waals surface area contributed by atoms with Crippen LogP contribution >= 0.6 is 0 Å². The molecule has 2 unspecified atom stereocenters. The summed E-state index contributed by atoms with van der Waals surface area (Å²) in [7, 11) is 0. The first kappa shape index (κ1) is 22.3. The fourth-order valence-corrected chi connectivity index (χ4v) is 4.17. The molecule has 0 heteroatoms. The van der Waals surface area contributed by atoms with Crippen molar-refractivity contribution in [3.63, 3.8) is 0 Å². The van der Waals surface area contributed by atoms with Gasteiger partial charge in [0.15, 0.2) is 0 Å². The van der Waals surface area contributed by atoms with E-state index in [0.717, 1.165) is 11.8 Å². The van der Waals surface area contributed by atoms with Crippen LogP contribution in [0.15, 0.2) is 84.9 Å². The van der Waals surface area contributed by atoms with E-state index in [1.807, 2.05) is 0 Å². The zero-order chi connectivity index (χ0) is 21.0. The molecule has 0 spiro atoms. The second kappa shape index (κ2) is 12.4. The third-order valence-corrected chi connectivity index (χ3v) is 6.38. The number of rotatable bonds is 12. The Kier molecular flexibility index (Phi) is 9.22. The van der Waals surface area contributed by atoms with Gasteiger partial charge in [0, 0.05) is 0 Å². The van der Waals surface area contributed by atoms with E-state index in [0.29, 0.717) is 0 Å². The lowest BCUT2D eigenvalue weighted by Gasteiger charge is -2.13. The van der Waals surface area contributed by atoms with Gasteiger partial charge in [0.25, 0.3) is 0 Å². The van der Waals surface area contributed by atoms with Crippen LogP contribution in [0.3, 0.4) is 0 Å². The molecule has 0 aliphatic heterocycles. The summed E-state index contributed by atoms with van der Waals surface area (Å²) < 4.78 is 0. The number of benzene rings is 3. The van der Waals surface area contributed by atoms with Crippen LogP contribution < -0.4 is 0 Å². The van der Waals surface area contributed by atoms with Gasteiger partial charge in [-0.15, -0.1) is 0 Å². The van der Waals surface area contributed by atoms with Crippen molar-refractivity contribution >= 4 is 0 Å². The van der Waals surface area contributed by atoms with Crippen molar-refractivity contribution in [2.75, 3.05) is 0 Å². The van der Waals surface area contributed by atoms with Crippen molar-refractivity contribution in [1.82, 2.24) is 0 Å². The van der Waals surface area contributed by atoms with Gasteiger partial charge in [-0.05, 0) is 85.5 Å². The molecule has 158 valence electrons. The maximum atomic E-state index is 2.45. The van der Waals surface area contributed by atoms with Gasteiger partial charge < -0.3 is 0 Å². The Morgan fingerprint density at radius 1 is 0.433 bits per heavy atom. The van der Waals surface area contributed by atoms with Gasteiger partial charge >= 0.3 is 0 Å². The zero-order valence-electron chi connectivity index (χ0n) is 18.9. The van der Waals surface area contributed by atoms with Gasteiger partial charge in [-0.3, -0.25) is 0 Å². The van der Waals surface area contributed by atoms with E-state index in [-0.39, 0.29) is 0 Å². The second-order valence-electron chi connectivity index (χ2n) is 9.16. The van der Waals surface area contributed by atoms with Gasteiger partial charge in [-0.25, -0.2) is 0 Å². The Labute approximate surface area is 184 Å². The summed E-state index contributed by atoms with van der Waals surface area (Å²) in [4.78, 5) is 0. The molecule has 0 aliphatic rings. The summed E-state index contributed by atoms with van der Waals surface area (Å²) in [6, 6.07) is 31.1. The molecule has 0 radical (unpaired) electrons. The first-order valence-corrected chi connectivity index (χ1v) is 11.8. The van der Waals surface area contributed by atoms with Crippen LogP contribution in [0.2, 0.25) is 0 Å². The highest BCUT2D eigenvalue weighted by Crippen LogP contribution is 2.19. The quantitative estimate of drug-likeness (QED) is 0.289. The molecule has 0 nitrogen and oxygen atoms in total. The summed E-state index contributed by atoms with van der Waals surface area (Å²) in [5.41, 5.74) is 5.95. The highest BCUT2D eigenvalue weighted by atomic mass is 14.1. The highest BCUT2D eigenvalue weighted by Gasteiger charge is 2.07. The Balaban J connectivity index is 1.37. The van der Waals surface area contributed by atoms with Crippen LogP contribution in [0.4, 0.5) is 0 Å². The lowest BCUT2D eigenvalue weighted by Crippen LogP contribution is -2.02. The predicted octanol–water partition coefficient (Wildman–Crippen LogP) is 8.09. The highest BCUT2D eigenvalue weighted by molar-refractivity contribution is 5.24. The molecular weight excluding hydrogens is 360 g/mol. The standard InChI is InChI=1S/C30H38/c1-25(16-20-27-10-5-3-6-11-27)18-22-29-14-9-15-30(24-29)23-19-26(2)17-21-28-12-7-4-8-13-28/h3-15,24-26H,16-23H2,1-2H3. The van der Waals surface area contributed by atoms with Crippen molar-refractivity contribution < 1.29 is 0 Å². The van der Waals surface area contributed by atoms with E-state index >= 15 is 0 Å². The Hall–Kier alpha value is -2.34. The summed E-state index contributed by atoms with van der Waals surface area (Å²) in [5, 5.41) is 0. The average molecular weight is 399 g/mol. The molecule has 0 N–H and O–H groups in total. The van der Waals surface area contributed by atoms with E-state index < -0.39 is 0 Å². The lowest BCUT2D eigenvalue weighted by molar-refractivity contribution is 0.490. The van der Waals surface area contributed by atoms with Crippen LogP contribution in [0.1, 0.15) is 61.8 Å². The third kappa shape index (κ3) is 8.19. The maximum Gasteiger partial charge on any atom is -0.0276 e. The smallest absolute Gasteiger partial charge is 0.0276 e. The van der Waals surface area contributed by atoms with Gasteiger partial charge in [0.2, 0.25) is 0 Å². The monoisotopic (exact) mass is 398 g/mol. The molecule has 3 rings (SSSR count). The van der Waals surface area contributed by atoms with Gasteiger partial charge in [0.05, 0.1) is 0 Å². The van der Waals surface area contributed by atoms with E-state index in [1.165, 1.54) is 73.6 Å². The topological polar surface area (TPSA) is 0 Å². The average Bonchev–Trinajstić information content (AvgIpc) is 2.80. The first-order chi connectivity index (χ1) is 14.7. The SMILES string of the molecule is CC(CCc1ccccc1)CCc1cccc(CCC(C)CCc2ccccc2)c1. The number of hydrogen-bond acceptors (Lipinski definition) is 0. The van der Waals surface area contributed by atoms with Crippen molar-refractivity contribution in [3.05, 3.63) is 107 Å². The third-order valence-electron chi connectivity index (χ3n) is 6.38. The molecule has 3 aromatic carbocycles. The van der Waals surface area contributed by atoms with Crippen LogP contribution in [0, 0.1) is 11.8 Å². The molecular formula is C30H38. The predicted molar refractivity (Wildman–Crippen MR) is 131 cm³/mol. The lowest BCUT2D eigenvalue weighted by atomic mass is 9.92. The normalized spacial score (nSPS) is 13.1. The molecule has 0 fully saturated rings. The molecule has 0 saturated carbocycles. The summed E-state index contributed by atoms with van der Waals surface area (Å²) in [6.07, 6.45) is 9.92. The molecule has 0 bridgehead atoms. The zero-order valence-corrected chi connectivity index (χ0v) is 18.9. The number of aryl methyl sites for hydroxylation is 4. The summed E-state index contributed by atoms with van der Waals surface area (Å²) in [5.74, 6) is 1.54. The molecule has 0 amide bonds. The largest absolute Gasteiger partial charge is 0.0625 e. The minimum Gasteiger partial charge on any atom is -0.0625 e. The van der Waals surface area contributed by atoms with E-state index in [4.69, 9.17) is 0 Å². The summed E-state index contributed by atoms with van der Waals surface area (Å²) in [6.45, 7) is 4.81. The molecule has 0 aromatic heterocycles. The van der Waals surface area contributed by atoms with Crippen LogP contribution in [0.25, 0.3) is 0 Å². The fourth-order valence-electron chi connectivity index (χ4n) is 4.17. The van der Waals surface area contributed by atoms with Crippen LogP contribution in [-0.2, 0) is 25.7 Å². The van der Waals surface area contributed by atoms with E-state index in [9.17, 15) is 0 Å². The Morgan fingerprint density at radius 3 is 1.17 bits per heavy atom. The molecule has 0 saturated heterocycles. The molecule has 0 aliphatic carbocycles. The van der Waals surface area contributed by atoms with Gasteiger partial charge in [0.1, 0.15) is 0 Å². The van der Waals surface area contributed by atoms with E-state index in [1.54, 1.807) is 0 Å². The molecule has 30 heavy (non-hydrogen) atoms. The Bertz CT molecular complexity index is 765. The minimum absolute atomic E-state index is 0.770. The van der Waals surface area contributed by atoms with Crippen LogP contribution in [0.5, 0.6) is 0 Å². The van der Waals surface area contributed by atoms with Crippen molar-refractivity contribution in [2.45, 2.75) is 65.2 Å². The fraction of sp³-hybridized carbons (Fsp3) is 0.400. The van der Waals surface area contributed by atoms with Crippen molar-refractivity contribution in [2.24, 2.45) is 11.8 Å². The molecule has 3 aromatic rings. The number of hydrogen-bond donors (Lipinski definition) is 0. The maximum absolute atomic E-state index is 2.45.